The van der Waals surface area contributed by atoms with Gasteiger partial charge < -0.3 is 24.6 Å². The topological polar surface area (TPSA) is 120 Å². The Bertz CT molecular complexity index is 954. The fourth-order valence-corrected chi connectivity index (χ4v) is 4.62. The van der Waals surface area contributed by atoms with Crippen LogP contribution in [-0.4, -0.2) is 73.7 Å². The quantitative estimate of drug-likeness (QED) is 0.486. The summed E-state index contributed by atoms with van der Waals surface area (Å²) in [5, 5.41) is 16.9. The van der Waals surface area contributed by atoms with Crippen LogP contribution in [0.1, 0.15) is 18.2 Å². The van der Waals surface area contributed by atoms with E-state index in [1.165, 1.54) is 17.7 Å². The van der Waals surface area contributed by atoms with Gasteiger partial charge >= 0.3 is 0 Å². The van der Waals surface area contributed by atoms with Gasteiger partial charge in [0.1, 0.15) is 12.0 Å². The Kier molecular flexibility index (Phi) is 7.16. The number of rotatable bonds is 7. The van der Waals surface area contributed by atoms with Crippen molar-refractivity contribution in [1.82, 2.24) is 19.7 Å². The number of methoxy groups -OCH3 is 1. The highest BCUT2D eigenvalue weighted by Gasteiger charge is 2.29. The third-order valence-electron chi connectivity index (χ3n) is 4.74. The zero-order valence-corrected chi connectivity index (χ0v) is 17.9. The molecule has 0 spiro atoms. The molecule has 0 atom stereocenters. The highest BCUT2D eigenvalue weighted by molar-refractivity contribution is 7.88. The molecule has 1 aliphatic heterocycles. The SMILES string of the molecule is CCNC(=NCc1ccc(OC)c(O)c1)N1CCN(S(=O)(=O)Cc2ccon2)CC1. The van der Waals surface area contributed by atoms with Crippen molar-refractivity contribution in [3.8, 4) is 11.5 Å². The lowest BCUT2D eigenvalue weighted by Crippen LogP contribution is -2.53. The van der Waals surface area contributed by atoms with Crippen LogP contribution in [0.4, 0.5) is 0 Å². The molecule has 30 heavy (non-hydrogen) atoms. The molecule has 1 aliphatic rings. The fraction of sp³-hybridized carbons (Fsp3) is 0.474. The second kappa shape index (κ2) is 9.81. The number of guanidine groups is 1. The number of aromatic nitrogens is 1. The number of hydrogen-bond acceptors (Lipinski definition) is 7. The molecule has 10 nitrogen and oxygen atoms in total. The molecule has 1 aromatic heterocycles. The predicted octanol–water partition coefficient (Wildman–Crippen LogP) is 1.00. The van der Waals surface area contributed by atoms with Crippen molar-refractivity contribution in [2.24, 2.45) is 4.99 Å². The zero-order valence-electron chi connectivity index (χ0n) is 17.1. The summed E-state index contributed by atoms with van der Waals surface area (Å²) in [6, 6.07) is 6.73. The molecule has 164 valence electrons. The van der Waals surface area contributed by atoms with Crippen LogP contribution in [0.15, 0.2) is 40.0 Å². The van der Waals surface area contributed by atoms with E-state index in [-0.39, 0.29) is 11.5 Å². The number of sulfonamides is 1. The van der Waals surface area contributed by atoms with Crippen molar-refractivity contribution in [2.75, 3.05) is 39.8 Å². The maximum absolute atomic E-state index is 12.6. The van der Waals surface area contributed by atoms with Crippen molar-refractivity contribution in [3.63, 3.8) is 0 Å². The maximum Gasteiger partial charge on any atom is 0.220 e. The Balaban J connectivity index is 1.62. The summed E-state index contributed by atoms with van der Waals surface area (Å²) in [5.41, 5.74) is 1.24. The van der Waals surface area contributed by atoms with E-state index in [1.807, 2.05) is 17.9 Å². The van der Waals surface area contributed by atoms with Gasteiger partial charge in [0.25, 0.3) is 0 Å². The normalized spacial score (nSPS) is 15.9. The molecule has 1 saturated heterocycles. The van der Waals surface area contributed by atoms with Crippen molar-refractivity contribution < 1.29 is 22.8 Å². The van der Waals surface area contributed by atoms with Crippen molar-refractivity contribution in [3.05, 3.63) is 41.8 Å². The molecule has 2 heterocycles. The Morgan fingerprint density at radius 2 is 2.07 bits per heavy atom. The van der Waals surface area contributed by atoms with Gasteiger partial charge in [0.2, 0.25) is 10.0 Å². The number of piperazine rings is 1. The van der Waals surface area contributed by atoms with Crippen molar-refractivity contribution >= 4 is 16.0 Å². The monoisotopic (exact) mass is 437 g/mol. The van der Waals surface area contributed by atoms with Crippen molar-refractivity contribution in [2.45, 2.75) is 19.2 Å². The first-order valence-corrected chi connectivity index (χ1v) is 11.3. The van der Waals surface area contributed by atoms with Gasteiger partial charge in [-0.25, -0.2) is 13.4 Å². The van der Waals surface area contributed by atoms with Crippen LogP contribution in [0.2, 0.25) is 0 Å². The molecular weight excluding hydrogens is 410 g/mol. The minimum Gasteiger partial charge on any atom is -0.504 e. The molecular formula is C19H27N5O5S. The minimum atomic E-state index is -3.45. The molecule has 0 saturated carbocycles. The lowest BCUT2D eigenvalue weighted by atomic mass is 10.2. The van der Waals surface area contributed by atoms with Gasteiger partial charge in [0, 0.05) is 38.8 Å². The number of hydrogen-bond donors (Lipinski definition) is 2. The average molecular weight is 438 g/mol. The first kappa shape index (κ1) is 21.9. The van der Waals surface area contributed by atoms with E-state index in [0.29, 0.717) is 56.7 Å². The van der Waals surface area contributed by atoms with Gasteiger partial charge in [-0.3, -0.25) is 0 Å². The van der Waals surface area contributed by atoms with E-state index < -0.39 is 10.0 Å². The molecule has 0 aliphatic carbocycles. The summed E-state index contributed by atoms with van der Waals surface area (Å²) < 4.78 is 36.4. The van der Waals surface area contributed by atoms with Crippen LogP contribution in [0.3, 0.4) is 0 Å². The van der Waals surface area contributed by atoms with Crippen LogP contribution in [-0.2, 0) is 22.3 Å². The van der Waals surface area contributed by atoms with E-state index >= 15 is 0 Å². The molecule has 1 aromatic carbocycles. The standard InChI is InChI=1S/C19H27N5O5S/c1-3-20-19(21-13-15-4-5-18(28-2)17(25)12-15)23-7-9-24(10-8-23)30(26,27)14-16-6-11-29-22-16/h4-6,11-12,25H,3,7-10,13-14H2,1-2H3,(H,20,21). The van der Waals surface area contributed by atoms with Crippen LogP contribution < -0.4 is 10.1 Å². The molecule has 0 amide bonds. The Morgan fingerprint density at radius 1 is 1.30 bits per heavy atom. The first-order chi connectivity index (χ1) is 14.4. The number of phenols is 1. The summed E-state index contributed by atoms with van der Waals surface area (Å²) in [6.07, 6.45) is 1.37. The van der Waals surface area contributed by atoms with E-state index in [1.54, 1.807) is 18.2 Å². The van der Waals surface area contributed by atoms with Crippen LogP contribution >= 0.6 is 0 Å². The number of nitrogens with zero attached hydrogens (tertiary/aromatic N) is 4. The summed E-state index contributed by atoms with van der Waals surface area (Å²) in [6.45, 7) is 4.84. The lowest BCUT2D eigenvalue weighted by Gasteiger charge is -2.35. The largest absolute Gasteiger partial charge is 0.504 e. The summed E-state index contributed by atoms with van der Waals surface area (Å²) in [7, 11) is -1.95. The molecule has 1 fully saturated rings. The number of benzene rings is 1. The van der Waals surface area contributed by atoms with E-state index in [2.05, 4.69) is 15.5 Å². The first-order valence-electron chi connectivity index (χ1n) is 9.69. The van der Waals surface area contributed by atoms with Crippen LogP contribution in [0.5, 0.6) is 11.5 Å². The highest BCUT2D eigenvalue weighted by atomic mass is 32.2. The Labute approximate surface area is 176 Å². The molecule has 11 heteroatoms. The van der Waals surface area contributed by atoms with E-state index in [4.69, 9.17) is 9.26 Å². The average Bonchev–Trinajstić information content (AvgIpc) is 3.23. The molecule has 2 aromatic rings. The second-order valence-corrected chi connectivity index (χ2v) is 8.78. The number of aliphatic imine (C=N–C) groups is 1. The Hall–Kier alpha value is -2.79. The Morgan fingerprint density at radius 3 is 2.67 bits per heavy atom. The van der Waals surface area contributed by atoms with Gasteiger partial charge in [0.05, 0.1) is 19.3 Å². The van der Waals surface area contributed by atoms with Gasteiger partial charge in [-0.2, -0.15) is 4.31 Å². The van der Waals surface area contributed by atoms with Crippen LogP contribution in [0, 0.1) is 0 Å². The summed E-state index contributed by atoms with van der Waals surface area (Å²) in [4.78, 5) is 6.68. The number of nitrogens with one attached hydrogen (secondary N) is 1. The third-order valence-corrected chi connectivity index (χ3v) is 6.56. The second-order valence-electron chi connectivity index (χ2n) is 6.81. The van der Waals surface area contributed by atoms with Gasteiger partial charge in [0.15, 0.2) is 17.5 Å². The van der Waals surface area contributed by atoms with Crippen LogP contribution in [0.25, 0.3) is 0 Å². The fourth-order valence-electron chi connectivity index (χ4n) is 3.19. The molecule has 0 bridgehead atoms. The molecule has 2 N–H and O–H groups in total. The maximum atomic E-state index is 12.6. The summed E-state index contributed by atoms with van der Waals surface area (Å²) in [5.74, 6) is 1.03. The smallest absolute Gasteiger partial charge is 0.220 e. The van der Waals surface area contributed by atoms with E-state index in [0.717, 1.165) is 5.56 Å². The minimum absolute atomic E-state index is 0.0705. The number of aromatic hydroxyl groups is 1. The summed E-state index contributed by atoms with van der Waals surface area (Å²) >= 11 is 0. The number of ether oxygens (including phenoxy) is 1. The lowest BCUT2D eigenvalue weighted by molar-refractivity contribution is 0.259. The molecule has 3 rings (SSSR count). The van der Waals surface area contributed by atoms with Gasteiger partial charge in [-0.05, 0) is 24.6 Å². The number of phenolic OH excluding ortho intramolecular Hbond substituents is 1. The van der Waals surface area contributed by atoms with E-state index in [9.17, 15) is 13.5 Å². The highest BCUT2D eigenvalue weighted by Crippen LogP contribution is 2.26. The van der Waals surface area contributed by atoms with Crippen molar-refractivity contribution in [1.29, 1.82) is 0 Å². The predicted molar refractivity (Wildman–Crippen MR) is 112 cm³/mol. The molecule has 0 radical (unpaired) electrons. The van der Waals surface area contributed by atoms with Gasteiger partial charge in [-0.15, -0.1) is 0 Å². The zero-order chi connectivity index (χ0) is 21.6. The van der Waals surface area contributed by atoms with Gasteiger partial charge in [-0.1, -0.05) is 11.2 Å². The molecule has 0 unspecified atom stereocenters. The third kappa shape index (κ3) is 5.42.